The summed E-state index contributed by atoms with van der Waals surface area (Å²) in [5, 5.41) is 0. The van der Waals surface area contributed by atoms with Crippen LogP contribution in [0.1, 0.15) is 119 Å². The van der Waals surface area contributed by atoms with Crippen LogP contribution in [0.3, 0.4) is 0 Å². The molecular formula is C84H93N3O6. The Morgan fingerprint density at radius 1 is 0.204 bits per heavy atom. The van der Waals surface area contributed by atoms with E-state index >= 15 is 0 Å². The predicted octanol–water partition coefficient (Wildman–Crippen LogP) is 24.2. The average molecular weight is 1240 g/mol. The predicted molar refractivity (Wildman–Crippen MR) is 389 cm³/mol. The van der Waals surface area contributed by atoms with Crippen molar-refractivity contribution in [2.24, 2.45) is 0 Å². The van der Waals surface area contributed by atoms with E-state index in [0.717, 1.165) is 196 Å². The molecule has 0 bridgehead atoms. The van der Waals surface area contributed by atoms with E-state index in [1.165, 1.54) is 0 Å². The van der Waals surface area contributed by atoms with Crippen molar-refractivity contribution in [3.63, 3.8) is 0 Å². The first-order valence-electron chi connectivity index (χ1n) is 34.1. The van der Waals surface area contributed by atoms with Crippen LogP contribution in [-0.2, 0) is 0 Å². The minimum Gasteiger partial charge on any atom is -0.491 e. The number of rotatable bonds is 36. The fourth-order valence-corrected chi connectivity index (χ4v) is 11.3. The SMILES string of the molecule is CCCCOc1ccccc1N(c1ccc(-c2cc(-c3ccc(N(c4ccccc4OCCCC)c4ccccc4OCCCC)cc3)cc(-c3ccc(N(c4ccccc4OCCCC)c4ccccc4OCCCC)cc3)c2)cc1)c1ccccc1OCCCC. The van der Waals surface area contributed by atoms with Gasteiger partial charge in [0.15, 0.2) is 0 Å². The second-order valence-electron chi connectivity index (χ2n) is 23.5. The van der Waals surface area contributed by atoms with E-state index in [0.29, 0.717) is 39.6 Å². The Bertz CT molecular complexity index is 3310. The lowest BCUT2D eigenvalue weighted by atomic mass is 9.93. The third-order valence-corrected chi connectivity index (χ3v) is 16.5. The van der Waals surface area contributed by atoms with Crippen LogP contribution in [0.2, 0.25) is 0 Å². The number of anilines is 9. The summed E-state index contributed by atoms with van der Waals surface area (Å²) in [6.45, 7) is 16.9. The highest BCUT2D eigenvalue weighted by Gasteiger charge is 2.25. The Balaban J connectivity index is 1.10. The van der Waals surface area contributed by atoms with Crippen molar-refractivity contribution >= 4 is 51.2 Å². The fourth-order valence-electron chi connectivity index (χ4n) is 11.3. The van der Waals surface area contributed by atoms with Gasteiger partial charge in [-0.05, 0) is 199 Å². The lowest BCUT2D eigenvalue weighted by Crippen LogP contribution is -2.14. The van der Waals surface area contributed by atoms with Crippen LogP contribution in [0.5, 0.6) is 34.5 Å². The minimum absolute atomic E-state index is 0.629. The highest BCUT2D eigenvalue weighted by molar-refractivity contribution is 5.89. The van der Waals surface area contributed by atoms with E-state index in [4.69, 9.17) is 28.4 Å². The summed E-state index contributed by atoms with van der Waals surface area (Å²) in [7, 11) is 0. The van der Waals surface area contributed by atoms with Crippen LogP contribution in [-0.4, -0.2) is 39.6 Å². The zero-order chi connectivity index (χ0) is 64.4. The standard InChI is InChI=1S/C84H93N3O6/c1-7-13-55-88-79-37-25-19-31-73(79)85(74-32-20-26-38-80(74)89-56-14-8-2)70-49-43-64(44-50-70)67-61-68(65-45-51-71(52-46-65)86(75-33-21-27-39-81(75)90-57-15-9-3)76-34-22-28-40-82(76)91-58-16-10-4)63-69(62-67)66-47-53-72(54-48-66)87(77-35-23-29-41-83(77)92-59-17-11-5)78-36-24-30-42-84(78)93-60-18-12-6/h19-54,61-63H,7-18,55-60H2,1-6H3. The third-order valence-electron chi connectivity index (χ3n) is 16.5. The molecule has 10 rings (SSSR count). The molecule has 9 heteroatoms. The van der Waals surface area contributed by atoms with Gasteiger partial charge in [-0.25, -0.2) is 0 Å². The first-order valence-corrected chi connectivity index (χ1v) is 34.1. The second-order valence-corrected chi connectivity index (χ2v) is 23.5. The quantitative estimate of drug-likeness (QED) is 0.0357. The summed E-state index contributed by atoms with van der Waals surface area (Å²) in [5.41, 5.74) is 15.1. The molecule has 0 amide bonds. The lowest BCUT2D eigenvalue weighted by Gasteiger charge is -2.29. The Kier molecular flexibility index (Phi) is 24.8. The van der Waals surface area contributed by atoms with Gasteiger partial charge in [0.1, 0.15) is 34.5 Å². The Labute approximate surface area is 554 Å². The number of unbranched alkanes of at least 4 members (excludes halogenated alkanes) is 6. The van der Waals surface area contributed by atoms with Gasteiger partial charge in [0.25, 0.3) is 0 Å². The van der Waals surface area contributed by atoms with E-state index in [9.17, 15) is 0 Å². The molecule has 0 heterocycles. The van der Waals surface area contributed by atoms with Crippen LogP contribution in [0, 0.1) is 0 Å². The van der Waals surface area contributed by atoms with E-state index in [-0.39, 0.29) is 0 Å². The fraction of sp³-hybridized carbons (Fsp3) is 0.286. The monoisotopic (exact) mass is 1240 g/mol. The number of ether oxygens (including phenoxy) is 6. The van der Waals surface area contributed by atoms with Crippen molar-refractivity contribution < 1.29 is 28.4 Å². The largest absolute Gasteiger partial charge is 0.491 e. The Morgan fingerprint density at radius 2 is 0.376 bits per heavy atom. The number of hydrogen-bond donors (Lipinski definition) is 0. The molecule has 93 heavy (non-hydrogen) atoms. The number of benzene rings is 10. The first kappa shape index (κ1) is 66.3. The molecule has 0 aliphatic heterocycles. The summed E-state index contributed by atoms with van der Waals surface area (Å²) in [4.78, 5) is 6.84. The lowest BCUT2D eigenvalue weighted by molar-refractivity contribution is 0.308. The van der Waals surface area contributed by atoms with E-state index in [1.54, 1.807) is 0 Å². The van der Waals surface area contributed by atoms with Crippen molar-refractivity contribution in [3.05, 3.63) is 237 Å². The molecule has 0 saturated carbocycles. The Hall–Kier alpha value is -9.60. The maximum Gasteiger partial charge on any atom is 0.143 e. The molecule has 0 fully saturated rings. The van der Waals surface area contributed by atoms with Crippen LogP contribution in [0.15, 0.2) is 237 Å². The van der Waals surface area contributed by atoms with Gasteiger partial charge in [-0.3, -0.25) is 0 Å². The normalized spacial score (nSPS) is 11.0. The molecule has 0 aliphatic rings. The third kappa shape index (κ3) is 17.1. The molecule has 9 nitrogen and oxygen atoms in total. The maximum atomic E-state index is 6.56. The first-order chi connectivity index (χ1) is 45.9. The summed E-state index contributed by atoms with van der Waals surface area (Å²) >= 11 is 0. The minimum atomic E-state index is 0.629. The van der Waals surface area contributed by atoms with E-state index < -0.39 is 0 Å². The van der Waals surface area contributed by atoms with Crippen molar-refractivity contribution in [3.8, 4) is 67.9 Å². The molecule has 0 N–H and O–H groups in total. The summed E-state index contributed by atoms with van der Waals surface area (Å²) in [6, 6.07) is 83.9. The van der Waals surface area contributed by atoms with Crippen molar-refractivity contribution in [2.45, 2.75) is 119 Å². The van der Waals surface area contributed by atoms with Crippen molar-refractivity contribution in [2.75, 3.05) is 54.3 Å². The number of nitrogens with zero attached hydrogens (tertiary/aromatic N) is 3. The summed E-state index contributed by atoms with van der Waals surface area (Å²) in [5.74, 6) is 4.93. The molecule has 0 saturated heterocycles. The zero-order valence-corrected chi connectivity index (χ0v) is 55.5. The molecule has 0 unspecified atom stereocenters. The molecule has 480 valence electrons. The van der Waals surface area contributed by atoms with Gasteiger partial charge >= 0.3 is 0 Å². The molecule has 10 aromatic carbocycles. The highest BCUT2D eigenvalue weighted by Crippen LogP contribution is 2.49. The molecule has 0 spiro atoms. The zero-order valence-electron chi connectivity index (χ0n) is 55.5. The molecule has 10 aromatic rings. The van der Waals surface area contributed by atoms with Crippen LogP contribution < -0.4 is 43.1 Å². The van der Waals surface area contributed by atoms with E-state index in [2.05, 4.69) is 256 Å². The average Bonchev–Trinajstić information content (AvgIpc) is 1.04. The number of para-hydroxylation sites is 12. The van der Waals surface area contributed by atoms with Crippen molar-refractivity contribution in [1.29, 1.82) is 0 Å². The Morgan fingerprint density at radius 3 is 0.548 bits per heavy atom. The molecular weight excluding hydrogens is 1150 g/mol. The van der Waals surface area contributed by atoms with Gasteiger partial charge in [0, 0.05) is 17.1 Å². The summed E-state index contributed by atoms with van der Waals surface area (Å²) < 4.78 is 39.3. The van der Waals surface area contributed by atoms with Gasteiger partial charge in [-0.15, -0.1) is 0 Å². The number of hydrogen-bond acceptors (Lipinski definition) is 9. The van der Waals surface area contributed by atoms with Crippen LogP contribution in [0.4, 0.5) is 51.2 Å². The molecule has 0 radical (unpaired) electrons. The topological polar surface area (TPSA) is 65.1 Å². The molecule has 0 aromatic heterocycles. The maximum absolute atomic E-state index is 6.56. The molecule has 0 atom stereocenters. The van der Waals surface area contributed by atoms with Crippen molar-refractivity contribution in [1.82, 2.24) is 0 Å². The van der Waals surface area contributed by atoms with Crippen LogP contribution in [0.25, 0.3) is 33.4 Å². The van der Waals surface area contributed by atoms with Gasteiger partial charge in [-0.2, -0.15) is 0 Å². The second kappa shape index (κ2) is 34.7. The van der Waals surface area contributed by atoms with Gasteiger partial charge < -0.3 is 43.1 Å². The summed E-state index contributed by atoms with van der Waals surface area (Å²) in [6.07, 6.45) is 12.0. The van der Waals surface area contributed by atoms with Crippen LogP contribution >= 0.6 is 0 Å². The highest BCUT2D eigenvalue weighted by atomic mass is 16.5. The van der Waals surface area contributed by atoms with Gasteiger partial charge in [0.2, 0.25) is 0 Å². The van der Waals surface area contributed by atoms with Gasteiger partial charge in [0.05, 0.1) is 73.8 Å². The van der Waals surface area contributed by atoms with E-state index in [1.807, 2.05) is 36.4 Å². The molecule has 0 aliphatic carbocycles. The van der Waals surface area contributed by atoms with Gasteiger partial charge in [-0.1, -0.05) is 189 Å². The smallest absolute Gasteiger partial charge is 0.143 e.